The van der Waals surface area contributed by atoms with Crippen LogP contribution in [0.3, 0.4) is 0 Å². The molecule has 8 nitrogen and oxygen atoms in total. The summed E-state index contributed by atoms with van der Waals surface area (Å²) >= 11 is 5.87. The lowest BCUT2D eigenvalue weighted by atomic mass is 10.1. The molecule has 0 radical (unpaired) electrons. The van der Waals surface area contributed by atoms with Gasteiger partial charge in [0.05, 0.1) is 21.1 Å². The number of halogens is 1. The van der Waals surface area contributed by atoms with Crippen molar-refractivity contribution < 1.29 is 28.8 Å². The van der Waals surface area contributed by atoms with Crippen molar-refractivity contribution in [1.29, 1.82) is 0 Å². The maximum Gasteiger partial charge on any atom is 0.343 e. The van der Waals surface area contributed by atoms with E-state index < -0.39 is 29.3 Å². The van der Waals surface area contributed by atoms with E-state index in [-0.39, 0.29) is 27.6 Å². The number of esters is 2. The van der Waals surface area contributed by atoms with Gasteiger partial charge in [0.1, 0.15) is 5.75 Å². The molecule has 31 heavy (non-hydrogen) atoms. The molecule has 0 fully saturated rings. The Morgan fingerprint density at radius 1 is 0.871 bits per heavy atom. The molecular formula is C22H14ClNO7. The molecule has 0 saturated heterocycles. The Balaban J connectivity index is 1.58. The number of nitro groups is 1. The fourth-order valence-electron chi connectivity index (χ4n) is 2.52. The van der Waals surface area contributed by atoms with Crippen LogP contribution in [-0.2, 0) is 4.74 Å². The molecule has 3 aromatic rings. The van der Waals surface area contributed by atoms with Crippen LogP contribution < -0.4 is 4.74 Å². The highest BCUT2D eigenvalue weighted by Gasteiger charge is 2.18. The average Bonchev–Trinajstić information content (AvgIpc) is 2.78. The first kappa shape index (κ1) is 21.7. The van der Waals surface area contributed by atoms with Crippen molar-refractivity contribution in [3.63, 3.8) is 0 Å². The van der Waals surface area contributed by atoms with Crippen LogP contribution in [0.2, 0.25) is 5.02 Å². The fraction of sp³-hybridized carbons (Fsp3) is 0.0455. The van der Waals surface area contributed by atoms with E-state index in [1.165, 1.54) is 24.3 Å². The van der Waals surface area contributed by atoms with Crippen molar-refractivity contribution in [2.24, 2.45) is 0 Å². The van der Waals surface area contributed by atoms with E-state index in [4.69, 9.17) is 21.1 Å². The summed E-state index contributed by atoms with van der Waals surface area (Å²) in [6.07, 6.45) is 0. The predicted octanol–water partition coefficient (Wildman–Crippen LogP) is 4.51. The number of hydrogen-bond donors (Lipinski definition) is 0. The lowest BCUT2D eigenvalue weighted by Crippen LogP contribution is -2.15. The second-order valence-corrected chi connectivity index (χ2v) is 6.61. The number of Topliss-reactive ketones (excluding diaryl/α,β-unsaturated/α-hetero) is 1. The molecule has 0 aliphatic heterocycles. The van der Waals surface area contributed by atoms with Crippen molar-refractivity contribution in [1.82, 2.24) is 0 Å². The minimum Gasteiger partial charge on any atom is -0.454 e. The van der Waals surface area contributed by atoms with E-state index in [2.05, 4.69) is 0 Å². The zero-order valence-electron chi connectivity index (χ0n) is 15.8. The van der Waals surface area contributed by atoms with E-state index in [1.807, 2.05) is 0 Å². The van der Waals surface area contributed by atoms with Crippen LogP contribution in [0.5, 0.6) is 5.75 Å². The van der Waals surface area contributed by atoms with Gasteiger partial charge >= 0.3 is 11.9 Å². The first-order valence-electron chi connectivity index (χ1n) is 8.86. The van der Waals surface area contributed by atoms with Gasteiger partial charge in [-0.1, -0.05) is 29.8 Å². The Labute approximate surface area is 181 Å². The van der Waals surface area contributed by atoms with E-state index in [0.717, 1.165) is 18.2 Å². The number of ether oxygens (including phenoxy) is 2. The summed E-state index contributed by atoms with van der Waals surface area (Å²) in [7, 11) is 0. The van der Waals surface area contributed by atoms with Crippen molar-refractivity contribution in [3.8, 4) is 5.75 Å². The fourth-order valence-corrected chi connectivity index (χ4v) is 2.78. The summed E-state index contributed by atoms with van der Waals surface area (Å²) in [5.74, 6) is -1.66. The highest BCUT2D eigenvalue weighted by atomic mass is 35.5. The lowest BCUT2D eigenvalue weighted by Gasteiger charge is -2.07. The topological polar surface area (TPSA) is 113 Å². The lowest BCUT2D eigenvalue weighted by molar-refractivity contribution is -0.384. The Hall–Kier alpha value is -4.04. The van der Waals surface area contributed by atoms with Crippen LogP contribution in [0.15, 0.2) is 72.8 Å². The van der Waals surface area contributed by atoms with E-state index >= 15 is 0 Å². The van der Waals surface area contributed by atoms with Crippen molar-refractivity contribution in [2.45, 2.75) is 0 Å². The number of carbonyl (C=O) groups excluding carboxylic acids is 3. The second-order valence-electron chi connectivity index (χ2n) is 6.20. The summed E-state index contributed by atoms with van der Waals surface area (Å²) in [6, 6.07) is 17.5. The third-order valence-corrected chi connectivity index (χ3v) is 4.43. The minimum absolute atomic E-state index is 0.0942. The largest absolute Gasteiger partial charge is 0.454 e. The number of nitrogens with zero attached hydrogens (tertiary/aromatic N) is 1. The summed E-state index contributed by atoms with van der Waals surface area (Å²) in [4.78, 5) is 46.5. The first-order valence-corrected chi connectivity index (χ1v) is 9.24. The smallest absolute Gasteiger partial charge is 0.343 e. The quantitative estimate of drug-likeness (QED) is 0.175. The number of hydrogen-bond acceptors (Lipinski definition) is 7. The molecule has 0 amide bonds. The van der Waals surface area contributed by atoms with Gasteiger partial charge in [0.2, 0.25) is 0 Å². The van der Waals surface area contributed by atoms with Gasteiger partial charge < -0.3 is 9.47 Å². The zero-order valence-corrected chi connectivity index (χ0v) is 16.6. The molecule has 0 aliphatic rings. The number of benzene rings is 3. The van der Waals surface area contributed by atoms with Crippen LogP contribution >= 0.6 is 11.6 Å². The van der Waals surface area contributed by atoms with Gasteiger partial charge in [-0.05, 0) is 42.5 Å². The molecule has 0 atom stereocenters. The number of ketones is 1. The number of carbonyl (C=O) groups is 3. The van der Waals surface area contributed by atoms with Crippen LogP contribution in [0, 0.1) is 10.1 Å². The molecule has 0 saturated carbocycles. The molecule has 0 N–H and O–H groups in total. The van der Waals surface area contributed by atoms with Crippen molar-refractivity contribution in [3.05, 3.63) is 105 Å². The highest BCUT2D eigenvalue weighted by molar-refractivity contribution is 6.33. The molecule has 3 aromatic carbocycles. The summed E-state index contributed by atoms with van der Waals surface area (Å²) in [6.45, 7) is -0.560. The molecule has 0 unspecified atom stereocenters. The Bertz CT molecular complexity index is 1140. The summed E-state index contributed by atoms with van der Waals surface area (Å²) < 4.78 is 10.2. The van der Waals surface area contributed by atoms with Gasteiger partial charge in [-0.15, -0.1) is 0 Å². The third kappa shape index (κ3) is 5.52. The number of rotatable bonds is 7. The van der Waals surface area contributed by atoms with Crippen LogP contribution in [0.1, 0.15) is 31.1 Å². The van der Waals surface area contributed by atoms with Gasteiger partial charge in [-0.25, -0.2) is 9.59 Å². The molecule has 9 heteroatoms. The van der Waals surface area contributed by atoms with Gasteiger partial charge in [-0.3, -0.25) is 14.9 Å². The van der Waals surface area contributed by atoms with Gasteiger partial charge in [0.15, 0.2) is 12.4 Å². The van der Waals surface area contributed by atoms with Gasteiger partial charge in [-0.2, -0.15) is 0 Å². The van der Waals surface area contributed by atoms with Crippen LogP contribution in [0.25, 0.3) is 0 Å². The first-order chi connectivity index (χ1) is 14.8. The molecule has 0 aliphatic carbocycles. The third-order valence-electron chi connectivity index (χ3n) is 4.11. The molecule has 0 spiro atoms. The molecular weight excluding hydrogens is 426 g/mol. The SMILES string of the molecule is O=C(COC(=O)c1ccc([N+](=O)[O-])cc1Cl)c1ccc(OC(=O)c2ccccc2)cc1. The average molecular weight is 440 g/mol. The predicted molar refractivity (Wildman–Crippen MR) is 111 cm³/mol. The Kier molecular flexibility index (Phi) is 6.74. The standard InChI is InChI=1S/C22H14ClNO7/c23-19-12-16(24(28)29)8-11-18(19)22(27)30-13-20(25)14-6-9-17(10-7-14)31-21(26)15-4-2-1-3-5-15/h1-12H,13H2. The minimum atomic E-state index is -0.887. The molecule has 0 heterocycles. The monoisotopic (exact) mass is 439 g/mol. The van der Waals surface area contributed by atoms with Crippen molar-refractivity contribution in [2.75, 3.05) is 6.61 Å². The van der Waals surface area contributed by atoms with Crippen molar-refractivity contribution >= 4 is 35.0 Å². The second kappa shape index (κ2) is 9.64. The van der Waals surface area contributed by atoms with Crippen LogP contribution in [-0.4, -0.2) is 29.3 Å². The maximum atomic E-state index is 12.3. The molecule has 3 rings (SSSR count). The van der Waals surface area contributed by atoms with E-state index in [1.54, 1.807) is 30.3 Å². The van der Waals surface area contributed by atoms with E-state index in [0.29, 0.717) is 5.56 Å². The Morgan fingerprint density at radius 2 is 1.55 bits per heavy atom. The maximum absolute atomic E-state index is 12.3. The number of nitro benzene ring substituents is 1. The Morgan fingerprint density at radius 3 is 2.16 bits per heavy atom. The number of non-ortho nitro benzene ring substituents is 1. The van der Waals surface area contributed by atoms with Crippen LogP contribution in [0.4, 0.5) is 5.69 Å². The highest BCUT2D eigenvalue weighted by Crippen LogP contribution is 2.23. The summed E-state index contributed by atoms with van der Waals surface area (Å²) in [5.41, 5.74) is 0.260. The zero-order chi connectivity index (χ0) is 22.4. The molecule has 156 valence electrons. The van der Waals surface area contributed by atoms with Gasteiger partial charge in [0.25, 0.3) is 5.69 Å². The molecule has 0 bridgehead atoms. The van der Waals surface area contributed by atoms with E-state index in [9.17, 15) is 24.5 Å². The van der Waals surface area contributed by atoms with Gasteiger partial charge in [0, 0.05) is 17.7 Å². The molecule has 0 aromatic heterocycles. The normalized spacial score (nSPS) is 10.2. The summed E-state index contributed by atoms with van der Waals surface area (Å²) in [5, 5.41) is 10.6.